The van der Waals surface area contributed by atoms with Gasteiger partial charge in [0.25, 0.3) is 0 Å². The van der Waals surface area contributed by atoms with E-state index < -0.39 is 0 Å². The number of hydrogen-bond acceptors (Lipinski definition) is 3. The summed E-state index contributed by atoms with van der Waals surface area (Å²) in [5, 5.41) is 0. The first-order chi connectivity index (χ1) is 6.74. The first-order valence-corrected chi connectivity index (χ1v) is 5.19. The monoisotopic (exact) mass is 196 g/mol. The Labute approximate surface area is 86.2 Å². The minimum Gasteiger partial charge on any atom is -0.378 e. The molecule has 0 radical (unpaired) electrons. The van der Waals surface area contributed by atoms with E-state index in [9.17, 15) is 0 Å². The molecule has 0 aromatic rings. The van der Waals surface area contributed by atoms with Gasteiger partial charge in [0.2, 0.25) is 0 Å². The van der Waals surface area contributed by atoms with Crippen LogP contribution >= 0.6 is 0 Å². The number of allylic oxidation sites excluding steroid dienone is 1. The summed E-state index contributed by atoms with van der Waals surface area (Å²) in [6.07, 6.45) is 4.99. The molecule has 1 rings (SSSR count). The number of morpholine rings is 1. The van der Waals surface area contributed by atoms with Crippen LogP contribution in [0.4, 0.5) is 0 Å². The minimum atomic E-state index is 0.146. The van der Waals surface area contributed by atoms with E-state index in [2.05, 4.69) is 18.4 Å². The van der Waals surface area contributed by atoms with E-state index >= 15 is 0 Å². The van der Waals surface area contributed by atoms with Crippen molar-refractivity contribution in [3.63, 3.8) is 0 Å². The van der Waals surface area contributed by atoms with Crippen molar-refractivity contribution < 1.29 is 4.74 Å². The fourth-order valence-electron chi connectivity index (χ4n) is 1.33. The third-order valence-electron chi connectivity index (χ3n) is 2.42. The third-order valence-corrected chi connectivity index (χ3v) is 2.42. The quantitative estimate of drug-likeness (QED) is 0.685. The van der Waals surface area contributed by atoms with Gasteiger partial charge in [-0.05, 0) is 12.5 Å². The number of rotatable bonds is 4. The van der Waals surface area contributed by atoms with Gasteiger partial charge in [0, 0.05) is 24.8 Å². The minimum absolute atomic E-state index is 0.146. The van der Waals surface area contributed by atoms with Gasteiger partial charge >= 0.3 is 0 Å². The highest BCUT2D eigenvalue weighted by Gasteiger charge is 2.09. The summed E-state index contributed by atoms with van der Waals surface area (Å²) in [6.45, 7) is 9.56. The van der Waals surface area contributed by atoms with Gasteiger partial charge in [-0.3, -0.25) is 0 Å². The van der Waals surface area contributed by atoms with Crippen molar-refractivity contribution in [2.45, 2.75) is 19.4 Å². The van der Waals surface area contributed by atoms with Crippen LogP contribution in [0.3, 0.4) is 0 Å². The van der Waals surface area contributed by atoms with Gasteiger partial charge in [0.15, 0.2) is 0 Å². The number of ether oxygens (including phenoxy) is 1. The highest BCUT2D eigenvalue weighted by Crippen LogP contribution is 2.07. The second-order valence-electron chi connectivity index (χ2n) is 3.52. The molecule has 0 aliphatic carbocycles. The van der Waals surface area contributed by atoms with Gasteiger partial charge in [-0.15, -0.1) is 0 Å². The second-order valence-corrected chi connectivity index (χ2v) is 3.52. The van der Waals surface area contributed by atoms with Gasteiger partial charge in [0.1, 0.15) is 0 Å². The molecule has 0 unspecified atom stereocenters. The van der Waals surface area contributed by atoms with Crippen LogP contribution in [0, 0.1) is 0 Å². The summed E-state index contributed by atoms with van der Waals surface area (Å²) in [5.74, 6) is 0. The van der Waals surface area contributed by atoms with Gasteiger partial charge in [-0.25, -0.2) is 0 Å². The molecule has 1 aliphatic rings. The van der Waals surface area contributed by atoms with E-state index in [4.69, 9.17) is 10.5 Å². The molecular weight excluding hydrogens is 176 g/mol. The van der Waals surface area contributed by atoms with Crippen LogP contribution in [0.2, 0.25) is 0 Å². The molecule has 1 aliphatic heterocycles. The van der Waals surface area contributed by atoms with E-state index in [1.807, 2.05) is 12.2 Å². The van der Waals surface area contributed by atoms with Crippen LogP contribution in [-0.2, 0) is 4.74 Å². The van der Waals surface area contributed by atoms with E-state index in [1.165, 1.54) is 0 Å². The molecule has 1 fully saturated rings. The van der Waals surface area contributed by atoms with Gasteiger partial charge < -0.3 is 15.4 Å². The van der Waals surface area contributed by atoms with Crippen LogP contribution in [0.15, 0.2) is 24.4 Å². The molecule has 1 heterocycles. The van der Waals surface area contributed by atoms with E-state index in [1.54, 1.807) is 0 Å². The summed E-state index contributed by atoms with van der Waals surface area (Å²) in [7, 11) is 0. The molecule has 0 amide bonds. The van der Waals surface area contributed by atoms with Gasteiger partial charge in [-0.2, -0.15) is 0 Å². The largest absolute Gasteiger partial charge is 0.378 e. The first kappa shape index (κ1) is 11.3. The smallest absolute Gasteiger partial charge is 0.0642 e. The molecule has 1 saturated heterocycles. The van der Waals surface area contributed by atoms with Crippen molar-refractivity contribution in [3.05, 3.63) is 24.4 Å². The molecule has 0 aromatic heterocycles. The summed E-state index contributed by atoms with van der Waals surface area (Å²) in [4.78, 5) is 2.22. The fourth-order valence-corrected chi connectivity index (χ4v) is 1.33. The topological polar surface area (TPSA) is 38.5 Å². The fraction of sp³-hybridized carbons (Fsp3) is 0.636. The lowest BCUT2D eigenvalue weighted by molar-refractivity contribution is 0.0556. The zero-order valence-corrected chi connectivity index (χ0v) is 8.91. The highest BCUT2D eigenvalue weighted by molar-refractivity contribution is 5.15. The zero-order valence-electron chi connectivity index (χ0n) is 8.91. The molecule has 0 spiro atoms. The Morgan fingerprint density at radius 2 is 2.21 bits per heavy atom. The van der Waals surface area contributed by atoms with E-state index in [0.29, 0.717) is 0 Å². The molecule has 3 heteroatoms. The van der Waals surface area contributed by atoms with Crippen molar-refractivity contribution in [2.24, 2.45) is 5.73 Å². The lowest BCUT2D eigenvalue weighted by Crippen LogP contribution is -2.34. The maximum atomic E-state index is 5.78. The Balaban J connectivity index is 2.36. The lowest BCUT2D eigenvalue weighted by atomic mass is 10.2. The van der Waals surface area contributed by atoms with Crippen molar-refractivity contribution in [2.75, 3.05) is 26.3 Å². The van der Waals surface area contributed by atoms with Crippen LogP contribution in [-0.4, -0.2) is 37.2 Å². The van der Waals surface area contributed by atoms with Crippen molar-refractivity contribution in [1.82, 2.24) is 4.90 Å². The zero-order chi connectivity index (χ0) is 10.4. The molecule has 1 atom stereocenters. The Morgan fingerprint density at radius 1 is 1.57 bits per heavy atom. The number of nitrogens with two attached hydrogens (primary N) is 1. The molecule has 0 bridgehead atoms. The molecule has 0 saturated carbocycles. The normalized spacial score (nSPS) is 20.0. The summed E-state index contributed by atoms with van der Waals surface area (Å²) in [6, 6.07) is 0.146. The van der Waals surface area contributed by atoms with Gasteiger partial charge in [-0.1, -0.05) is 19.6 Å². The average molecular weight is 196 g/mol. The third kappa shape index (κ3) is 3.52. The number of hydrogen-bond donors (Lipinski definition) is 1. The standard InChI is InChI=1S/C11H20N2O/c1-3-11(12)5-4-10(2)13-6-8-14-9-7-13/h4-5,11H,2-3,6-9,12H2,1H3/b5-4-/t11-/m1/s1. The van der Waals surface area contributed by atoms with Crippen molar-refractivity contribution in [1.29, 1.82) is 0 Å². The Hall–Kier alpha value is -0.800. The van der Waals surface area contributed by atoms with Crippen LogP contribution in [0.1, 0.15) is 13.3 Å². The summed E-state index contributed by atoms with van der Waals surface area (Å²) in [5.41, 5.74) is 6.82. The Bertz CT molecular complexity index is 207. The van der Waals surface area contributed by atoms with Crippen LogP contribution in [0.5, 0.6) is 0 Å². The van der Waals surface area contributed by atoms with E-state index in [-0.39, 0.29) is 6.04 Å². The van der Waals surface area contributed by atoms with Crippen molar-refractivity contribution >= 4 is 0 Å². The molecule has 3 nitrogen and oxygen atoms in total. The first-order valence-electron chi connectivity index (χ1n) is 5.19. The molecule has 14 heavy (non-hydrogen) atoms. The maximum Gasteiger partial charge on any atom is 0.0642 e. The van der Waals surface area contributed by atoms with Crippen molar-refractivity contribution in [3.8, 4) is 0 Å². The number of nitrogens with zero attached hydrogens (tertiary/aromatic N) is 1. The summed E-state index contributed by atoms with van der Waals surface area (Å²) < 4.78 is 5.27. The molecule has 80 valence electrons. The average Bonchev–Trinajstić information content (AvgIpc) is 2.26. The van der Waals surface area contributed by atoms with E-state index in [0.717, 1.165) is 38.4 Å². The highest BCUT2D eigenvalue weighted by atomic mass is 16.5. The second kappa shape index (κ2) is 5.83. The maximum absolute atomic E-state index is 5.78. The Kier molecular flexibility index (Phi) is 4.70. The lowest BCUT2D eigenvalue weighted by Gasteiger charge is -2.29. The molecule has 2 N–H and O–H groups in total. The summed E-state index contributed by atoms with van der Waals surface area (Å²) >= 11 is 0. The predicted octanol–water partition coefficient (Wildman–Crippen LogP) is 1.13. The Morgan fingerprint density at radius 3 is 2.79 bits per heavy atom. The predicted molar refractivity (Wildman–Crippen MR) is 58.9 cm³/mol. The SMILES string of the molecule is C=C(/C=C\[C@H](N)CC)N1CCOCC1. The molecular formula is C11H20N2O. The van der Waals surface area contributed by atoms with Gasteiger partial charge in [0.05, 0.1) is 13.2 Å². The van der Waals surface area contributed by atoms with Crippen LogP contribution < -0.4 is 5.73 Å². The van der Waals surface area contributed by atoms with Crippen LogP contribution in [0.25, 0.3) is 0 Å². The molecule has 0 aromatic carbocycles.